The van der Waals surface area contributed by atoms with E-state index >= 15 is 0 Å². The van der Waals surface area contributed by atoms with Crippen LogP contribution in [-0.2, 0) is 28.5 Å². The van der Waals surface area contributed by atoms with E-state index in [1.54, 1.807) is 0 Å². The molecule has 0 radical (unpaired) electrons. The summed E-state index contributed by atoms with van der Waals surface area (Å²) in [6.45, 7) is 3.45. The van der Waals surface area contributed by atoms with Gasteiger partial charge in [0.1, 0.15) is 31.0 Å². The molecule has 0 aliphatic carbocycles. The molecule has 6 atom stereocenters. The number of hydrogen-bond donors (Lipinski definition) is 4. The summed E-state index contributed by atoms with van der Waals surface area (Å²) in [6, 6.07) is 0. The zero-order valence-corrected chi connectivity index (χ0v) is 38.7. The average Bonchev–Trinajstić information content (AvgIpc) is 3.25. The number of carbonyl (C=O) groups is 2. The molecule has 1 rings (SSSR count). The molecule has 0 aromatic carbocycles. The van der Waals surface area contributed by atoms with E-state index in [4.69, 9.17) is 18.9 Å². The first-order valence-electron chi connectivity index (χ1n) is 25.3. The summed E-state index contributed by atoms with van der Waals surface area (Å²) in [7, 11) is 0. The predicted molar refractivity (Wildman–Crippen MR) is 243 cm³/mol. The molecule has 1 fully saturated rings. The number of unbranched alkanes of at least 4 members (excludes halogenated alkanes) is 30. The Morgan fingerprint density at radius 1 is 0.500 bits per heavy atom. The summed E-state index contributed by atoms with van der Waals surface area (Å²) >= 11 is 0. The highest BCUT2D eigenvalue weighted by Crippen LogP contribution is 2.23. The zero-order valence-electron chi connectivity index (χ0n) is 38.7. The highest BCUT2D eigenvalue weighted by atomic mass is 16.7. The highest BCUT2D eigenvalue weighted by molar-refractivity contribution is 5.70. The van der Waals surface area contributed by atoms with Crippen molar-refractivity contribution in [3.05, 3.63) is 12.2 Å². The number of allylic oxidation sites excluding steroid dienone is 2. The Morgan fingerprint density at radius 2 is 0.883 bits per heavy atom. The third-order valence-corrected chi connectivity index (χ3v) is 11.9. The van der Waals surface area contributed by atoms with Crippen molar-refractivity contribution in [2.45, 2.75) is 275 Å². The van der Waals surface area contributed by atoms with E-state index in [2.05, 4.69) is 26.0 Å². The quantitative estimate of drug-likeness (QED) is 0.0265. The first-order chi connectivity index (χ1) is 29.3. The van der Waals surface area contributed by atoms with Gasteiger partial charge in [-0.15, -0.1) is 0 Å². The standard InChI is InChI=1S/C50H94O10/c1-3-5-7-9-11-13-15-17-18-19-20-21-22-23-24-25-26-27-29-31-33-35-37-39-46(53)59-43(42-58-50-49(56)48(55)47(54)44(40-51)60-50)41-57-45(52)38-36-34-32-30-28-16-14-12-10-8-6-4-2/h19-20,43-44,47-51,54-56H,3-18,21-42H2,1-2H3/b20-19-. The number of carbonyl (C=O) groups excluding carboxylic acids is 2. The van der Waals surface area contributed by atoms with Gasteiger partial charge in [-0.3, -0.25) is 9.59 Å². The summed E-state index contributed by atoms with van der Waals surface area (Å²) in [6.07, 6.45) is 38.0. The third-order valence-electron chi connectivity index (χ3n) is 11.9. The summed E-state index contributed by atoms with van der Waals surface area (Å²) in [4.78, 5) is 25.4. The minimum atomic E-state index is -1.59. The molecule has 10 nitrogen and oxygen atoms in total. The monoisotopic (exact) mass is 855 g/mol. The fourth-order valence-corrected chi connectivity index (χ4v) is 7.89. The van der Waals surface area contributed by atoms with E-state index in [0.717, 1.165) is 38.5 Å². The molecule has 0 aromatic rings. The molecule has 6 unspecified atom stereocenters. The second-order valence-electron chi connectivity index (χ2n) is 17.6. The van der Waals surface area contributed by atoms with Crippen molar-refractivity contribution in [3.63, 3.8) is 0 Å². The normalized spacial score (nSPS) is 19.9. The van der Waals surface area contributed by atoms with Crippen LogP contribution in [0.25, 0.3) is 0 Å². The average molecular weight is 855 g/mol. The molecule has 1 heterocycles. The van der Waals surface area contributed by atoms with E-state index in [9.17, 15) is 30.0 Å². The summed E-state index contributed by atoms with van der Waals surface area (Å²) in [5.41, 5.74) is 0. The molecule has 0 amide bonds. The van der Waals surface area contributed by atoms with Crippen molar-refractivity contribution in [1.29, 1.82) is 0 Å². The van der Waals surface area contributed by atoms with Crippen LogP contribution in [0.4, 0.5) is 0 Å². The molecular formula is C50H94O10. The number of esters is 2. The van der Waals surface area contributed by atoms with Crippen molar-refractivity contribution in [2.75, 3.05) is 19.8 Å². The number of rotatable bonds is 43. The molecule has 4 N–H and O–H groups in total. The lowest BCUT2D eigenvalue weighted by atomic mass is 9.99. The Balaban J connectivity index is 2.22. The van der Waals surface area contributed by atoms with E-state index in [1.165, 1.54) is 167 Å². The maximum Gasteiger partial charge on any atom is 0.306 e. The van der Waals surface area contributed by atoms with Crippen LogP contribution in [-0.4, -0.2) is 89.0 Å². The molecule has 1 aliphatic rings. The van der Waals surface area contributed by atoms with Crippen molar-refractivity contribution in [2.24, 2.45) is 0 Å². The molecule has 0 aromatic heterocycles. The van der Waals surface area contributed by atoms with Crippen LogP contribution in [0.5, 0.6) is 0 Å². The Hall–Kier alpha value is -1.56. The van der Waals surface area contributed by atoms with Crippen molar-refractivity contribution < 1.29 is 49.0 Å². The van der Waals surface area contributed by atoms with Crippen LogP contribution in [0, 0.1) is 0 Å². The van der Waals surface area contributed by atoms with Crippen LogP contribution in [0.2, 0.25) is 0 Å². The Bertz CT molecular complexity index is 990. The topological polar surface area (TPSA) is 152 Å². The second-order valence-corrected chi connectivity index (χ2v) is 17.6. The molecule has 10 heteroatoms. The minimum absolute atomic E-state index is 0.212. The van der Waals surface area contributed by atoms with Gasteiger partial charge in [-0.25, -0.2) is 0 Å². The maximum atomic E-state index is 12.8. The number of hydrogen-bond acceptors (Lipinski definition) is 10. The Labute approximate surface area is 367 Å². The van der Waals surface area contributed by atoms with Gasteiger partial charge in [-0.05, 0) is 38.5 Å². The van der Waals surface area contributed by atoms with Crippen LogP contribution in [0.3, 0.4) is 0 Å². The molecule has 0 saturated carbocycles. The van der Waals surface area contributed by atoms with Crippen LogP contribution in [0.15, 0.2) is 12.2 Å². The fourth-order valence-electron chi connectivity index (χ4n) is 7.89. The molecular weight excluding hydrogens is 761 g/mol. The summed E-state index contributed by atoms with van der Waals surface area (Å²) in [5, 5.41) is 40.1. The molecule has 1 saturated heterocycles. The van der Waals surface area contributed by atoms with Gasteiger partial charge in [0.15, 0.2) is 12.4 Å². The van der Waals surface area contributed by atoms with Gasteiger partial charge < -0.3 is 39.4 Å². The number of aliphatic hydroxyl groups is 4. The van der Waals surface area contributed by atoms with Crippen molar-refractivity contribution in [1.82, 2.24) is 0 Å². The number of aliphatic hydroxyl groups excluding tert-OH is 4. The van der Waals surface area contributed by atoms with Crippen molar-refractivity contribution >= 4 is 11.9 Å². The smallest absolute Gasteiger partial charge is 0.306 e. The Kier molecular flexibility index (Phi) is 39.0. The van der Waals surface area contributed by atoms with Gasteiger partial charge >= 0.3 is 11.9 Å². The van der Waals surface area contributed by atoms with E-state index in [1.807, 2.05) is 0 Å². The predicted octanol–water partition coefficient (Wildman–Crippen LogP) is 11.5. The van der Waals surface area contributed by atoms with Gasteiger partial charge in [-0.1, -0.05) is 199 Å². The molecule has 60 heavy (non-hydrogen) atoms. The van der Waals surface area contributed by atoms with Gasteiger partial charge in [0.2, 0.25) is 0 Å². The summed E-state index contributed by atoms with van der Waals surface area (Å²) in [5.74, 6) is -0.795. The third kappa shape index (κ3) is 32.2. The van der Waals surface area contributed by atoms with Gasteiger partial charge in [0.25, 0.3) is 0 Å². The molecule has 354 valence electrons. The van der Waals surface area contributed by atoms with Gasteiger partial charge in [-0.2, -0.15) is 0 Å². The molecule has 0 bridgehead atoms. The minimum Gasteiger partial charge on any atom is -0.462 e. The maximum absolute atomic E-state index is 12.8. The van der Waals surface area contributed by atoms with Crippen LogP contribution >= 0.6 is 0 Å². The highest BCUT2D eigenvalue weighted by Gasteiger charge is 2.44. The van der Waals surface area contributed by atoms with E-state index < -0.39 is 49.4 Å². The zero-order chi connectivity index (χ0) is 43.7. The van der Waals surface area contributed by atoms with Gasteiger partial charge in [0.05, 0.1) is 13.2 Å². The Morgan fingerprint density at radius 3 is 1.30 bits per heavy atom. The summed E-state index contributed by atoms with van der Waals surface area (Å²) < 4.78 is 22.2. The second kappa shape index (κ2) is 41.5. The SMILES string of the molecule is CCCCCCCCCC/C=C\CCCCCCCCCCCCCC(=O)OC(COC(=O)CCCCCCCCCCCCCC)COC1OC(CO)C(O)C(O)C1O. The fraction of sp³-hybridized carbons (Fsp3) is 0.920. The lowest BCUT2D eigenvalue weighted by Crippen LogP contribution is -2.59. The first-order valence-corrected chi connectivity index (χ1v) is 25.3. The van der Waals surface area contributed by atoms with Crippen LogP contribution in [0.1, 0.15) is 239 Å². The number of ether oxygens (including phenoxy) is 4. The first kappa shape index (κ1) is 56.5. The lowest BCUT2D eigenvalue weighted by Gasteiger charge is -2.39. The van der Waals surface area contributed by atoms with Gasteiger partial charge in [0, 0.05) is 12.8 Å². The van der Waals surface area contributed by atoms with E-state index in [-0.39, 0.29) is 32.0 Å². The largest absolute Gasteiger partial charge is 0.462 e. The molecule has 0 spiro atoms. The molecule has 1 aliphatic heterocycles. The van der Waals surface area contributed by atoms with E-state index in [0.29, 0.717) is 6.42 Å². The van der Waals surface area contributed by atoms with Crippen molar-refractivity contribution in [3.8, 4) is 0 Å². The lowest BCUT2D eigenvalue weighted by molar-refractivity contribution is -0.305. The van der Waals surface area contributed by atoms with Crippen LogP contribution < -0.4 is 0 Å².